The summed E-state index contributed by atoms with van der Waals surface area (Å²) in [5, 5.41) is 2.97. The molecule has 1 aliphatic heterocycles. The van der Waals surface area contributed by atoms with Gasteiger partial charge in [-0.2, -0.15) is 0 Å². The number of nitrogens with one attached hydrogen (secondary N) is 1. The zero-order valence-electron chi connectivity index (χ0n) is 11.4. The van der Waals surface area contributed by atoms with Gasteiger partial charge in [0, 0.05) is 29.0 Å². The van der Waals surface area contributed by atoms with Crippen LogP contribution in [0.5, 0.6) is 5.75 Å². The minimum Gasteiger partial charge on any atom is -0.492 e. The van der Waals surface area contributed by atoms with Gasteiger partial charge in [0.25, 0.3) is 0 Å². The summed E-state index contributed by atoms with van der Waals surface area (Å²) in [5.41, 5.74) is 2.06. The van der Waals surface area contributed by atoms with Crippen molar-refractivity contribution in [2.24, 2.45) is 0 Å². The molecular formula is C16H15BrN2O2. The molecule has 1 aromatic carbocycles. The number of hydrogen-bond donors (Lipinski definition) is 1. The van der Waals surface area contributed by atoms with Gasteiger partial charge in [0.15, 0.2) is 0 Å². The largest absolute Gasteiger partial charge is 0.492 e. The number of benzene rings is 1. The van der Waals surface area contributed by atoms with Crippen LogP contribution in [0, 0.1) is 0 Å². The molecule has 0 radical (unpaired) electrons. The molecule has 1 atom stereocenters. The summed E-state index contributed by atoms with van der Waals surface area (Å²) in [6.45, 7) is 1.01. The number of carbonyl (C=O) groups is 1. The van der Waals surface area contributed by atoms with Crippen LogP contribution in [0.15, 0.2) is 47.2 Å². The Bertz CT molecular complexity index is 646. The van der Waals surface area contributed by atoms with Crippen molar-refractivity contribution in [3.63, 3.8) is 0 Å². The highest BCUT2D eigenvalue weighted by Crippen LogP contribution is 2.35. The maximum absolute atomic E-state index is 12.3. The van der Waals surface area contributed by atoms with Gasteiger partial charge in [-0.05, 0) is 36.2 Å². The van der Waals surface area contributed by atoms with E-state index < -0.39 is 0 Å². The number of halogens is 1. The van der Waals surface area contributed by atoms with Gasteiger partial charge in [-0.15, -0.1) is 0 Å². The SMILES string of the molecule is O=C(NCCc1cccnc1)[C@@H]1COc2ccc(Br)cc21. The Hall–Kier alpha value is -1.88. The molecule has 0 unspecified atom stereocenters. The molecule has 1 aliphatic rings. The van der Waals surface area contributed by atoms with Gasteiger partial charge in [0.2, 0.25) is 5.91 Å². The van der Waals surface area contributed by atoms with Crippen LogP contribution < -0.4 is 10.1 Å². The molecule has 21 heavy (non-hydrogen) atoms. The smallest absolute Gasteiger partial charge is 0.231 e. The number of pyridine rings is 1. The van der Waals surface area contributed by atoms with Crippen LogP contribution >= 0.6 is 15.9 Å². The molecule has 0 saturated carbocycles. The van der Waals surface area contributed by atoms with Crippen molar-refractivity contribution in [3.8, 4) is 5.75 Å². The lowest BCUT2D eigenvalue weighted by Gasteiger charge is -2.10. The van der Waals surface area contributed by atoms with Crippen LogP contribution in [0.25, 0.3) is 0 Å². The fourth-order valence-electron chi connectivity index (χ4n) is 2.40. The Labute approximate surface area is 131 Å². The van der Waals surface area contributed by atoms with Crippen LogP contribution in [-0.4, -0.2) is 24.0 Å². The van der Waals surface area contributed by atoms with Crippen molar-refractivity contribution in [1.29, 1.82) is 0 Å². The summed E-state index contributed by atoms with van der Waals surface area (Å²) in [5.74, 6) is 0.577. The molecule has 0 spiro atoms. The van der Waals surface area contributed by atoms with E-state index in [1.165, 1.54) is 0 Å². The summed E-state index contributed by atoms with van der Waals surface area (Å²) in [6.07, 6.45) is 4.34. The van der Waals surface area contributed by atoms with Gasteiger partial charge in [0.05, 0.1) is 0 Å². The molecule has 5 heteroatoms. The fourth-order valence-corrected chi connectivity index (χ4v) is 2.78. The van der Waals surface area contributed by atoms with Crippen molar-refractivity contribution < 1.29 is 9.53 Å². The molecule has 1 aromatic heterocycles. The summed E-state index contributed by atoms with van der Waals surface area (Å²) < 4.78 is 6.52. The summed E-state index contributed by atoms with van der Waals surface area (Å²) >= 11 is 3.43. The van der Waals surface area contributed by atoms with Crippen molar-refractivity contribution in [3.05, 3.63) is 58.3 Å². The van der Waals surface area contributed by atoms with Crippen molar-refractivity contribution in [1.82, 2.24) is 10.3 Å². The first-order chi connectivity index (χ1) is 10.2. The highest BCUT2D eigenvalue weighted by Gasteiger charge is 2.30. The Balaban J connectivity index is 1.59. The molecule has 3 rings (SSSR count). The van der Waals surface area contributed by atoms with Crippen molar-refractivity contribution in [2.45, 2.75) is 12.3 Å². The lowest BCUT2D eigenvalue weighted by molar-refractivity contribution is -0.122. The third-order valence-electron chi connectivity index (χ3n) is 3.50. The predicted molar refractivity (Wildman–Crippen MR) is 83.3 cm³/mol. The Kier molecular flexibility index (Phi) is 4.20. The standard InChI is InChI=1S/C16H15BrN2O2/c17-12-3-4-15-13(8-12)14(10-21-15)16(20)19-7-5-11-2-1-6-18-9-11/h1-4,6,8-9,14H,5,7,10H2,(H,19,20)/t14-/m1/s1. The molecule has 2 aromatic rings. The quantitative estimate of drug-likeness (QED) is 0.925. The molecule has 2 heterocycles. The Morgan fingerprint density at radius 3 is 3.14 bits per heavy atom. The van der Waals surface area contributed by atoms with Crippen LogP contribution in [0.4, 0.5) is 0 Å². The van der Waals surface area contributed by atoms with E-state index in [2.05, 4.69) is 26.2 Å². The maximum Gasteiger partial charge on any atom is 0.231 e. The average Bonchev–Trinajstić information content (AvgIpc) is 2.91. The fraction of sp³-hybridized carbons (Fsp3) is 0.250. The molecule has 0 bridgehead atoms. The van der Waals surface area contributed by atoms with E-state index in [0.29, 0.717) is 13.2 Å². The van der Waals surface area contributed by atoms with Crippen molar-refractivity contribution >= 4 is 21.8 Å². The molecule has 0 fully saturated rings. The third-order valence-corrected chi connectivity index (χ3v) is 4.00. The number of fused-ring (bicyclic) bond motifs is 1. The second-order valence-corrected chi connectivity index (χ2v) is 5.86. The van der Waals surface area contributed by atoms with Gasteiger partial charge in [0.1, 0.15) is 18.3 Å². The van der Waals surface area contributed by atoms with E-state index in [1.807, 2.05) is 36.5 Å². The summed E-state index contributed by atoms with van der Waals surface area (Å²) in [4.78, 5) is 16.3. The minimum absolute atomic E-state index is 0.00994. The van der Waals surface area contributed by atoms with Crippen LogP contribution in [0.2, 0.25) is 0 Å². The first-order valence-corrected chi connectivity index (χ1v) is 7.62. The molecule has 4 nitrogen and oxygen atoms in total. The lowest BCUT2D eigenvalue weighted by Crippen LogP contribution is -2.31. The summed E-state index contributed by atoms with van der Waals surface area (Å²) in [6, 6.07) is 9.66. The molecule has 1 amide bonds. The third kappa shape index (κ3) is 3.24. The topological polar surface area (TPSA) is 51.2 Å². The number of rotatable bonds is 4. The van der Waals surface area contributed by atoms with E-state index in [0.717, 1.165) is 27.8 Å². The van der Waals surface area contributed by atoms with E-state index >= 15 is 0 Å². The Morgan fingerprint density at radius 2 is 2.33 bits per heavy atom. The first kappa shape index (κ1) is 14.1. The van der Waals surface area contributed by atoms with Gasteiger partial charge in [-0.1, -0.05) is 22.0 Å². The second kappa shape index (κ2) is 6.26. The molecule has 0 aliphatic carbocycles. The number of amides is 1. The average molecular weight is 347 g/mol. The Morgan fingerprint density at radius 1 is 1.43 bits per heavy atom. The molecule has 1 N–H and O–H groups in total. The highest BCUT2D eigenvalue weighted by atomic mass is 79.9. The van der Waals surface area contributed by atoms with Gasteiger partial charge in [-0.3, -0.25) is 9.78 Å². The predicted octanol–water partition coefficient (Wildman–Crippen LogP) is 2.68. The van der Waals surface area contributed by atoms with E-state index in [4.69, 9.17) is 4.74 Å². The molecular weight excluding hydrogens is 332 g/mol. The lowest BCUT2D eigenvalue weighted by atomic mass is 10.0. The zero-order valence-corrected chi connectivity index (χ0v) is 13.0. The minimum atomic E-state index is -0.230. The summed E-state index contributed by atoms with van der Waals surface area (Å²) in [7, 11) is 0. The van der Waals surface area contributed by atoms with Gasteiger partial charge < -0.3 is 10.1 Å². The molecule has 0 saturated heterocycles. The van der Waals surface area contributed by atoms with Crippen molar-refractivity contribution in [2.75, 3.05) is 13.2 Å². The monoisotopic (exact) mass is 346 g/mol. The van der Waals surface area contributed by atoms with E-state index in [-0.39, 0.29) is 11.8 Å². The number of carbonyl (C=O) groups excluding carboxylic acids is 1. The first-order valence-electron chi connectivity index (χ1n) is 6.83. The number of ether oxygens (including phenoxy) is 1. The van der Waals surface area contributed by atoms with Crippen LogP contribution in [0.1, 0.15) is 17.0 Å². The van der Waals surface area contributed by atoms with Gasteiger partial charge in [-0.25, -0.2) is 0 Å². The van der Waals surface area contributed by atoms with Crippen LogP contribution in [-0.2, 0) is 11.2 Å². The number of hydrogen-bond acceptors (Lipinski definition) is 3. The normalized spacial score (nSPS) is 16.1. The van der Waals surface area contributed by atoms with Gasteiger partial charge >= 0.3 is 0 Å². The highest BCUT2D eigenvalue weighted by molar-refractivity contribution is 9.10. The number of aromatic nitrogens is 1. The van der Waals surface area contributed by atoms with Crippen LogP contribution in [0.3, 0.4) is 0 Å². The molecule has 108 valence electrons. The van der Waals surface area contributed by atoms with E-state index in [1.54, 1.807) is 6.20 Å². The zero-order chi connectivity index (χ0) is 14.7. The van der Waals surface area contributed by atoms with E-state index in [9.17, 15) is 4.79 Å². The maximum atomic E-state index is 12.3. The second-order valence-electron chi connectivity index (χ2n) is 4.95. The number of nitrogens with zero attached hydrogens (tertiary/aromatic N) is 1.